The van der Waals surface area contributed by atoms with Crippen molar-refractivity contribution in [2.75, 3.05) is 13.3 Å². The fourth-order valence-corrected chi connectivity index (χ4v) is 2.21. The number of hydrogen-bond acceptors (Lipinski definition) is 5. The molecule has 1 amide bonds. The fourth-order valence-electron chi connectivity index (χ4n) is 1.22. The zero-order valence-corrected chi connectivity index (χ0v) is 10.00. The van der Waals surface area contributed by atoms with Crippen LogP contribution in [-0.4, -0.2) is 37.9 Å². The smallest absolute Gasteiger partial charge is 0.230 e. The third kappa shape index (κ3) is 3.50. The van der Waals surface area contributed by atoms with Gasteiger partial charge in [0.15, 0.2) is 14.9 Å². The molecule has 88 valence electrons. The summed E-state index contributed by atoms with van der Waals surface area (Å²) in [5.41, 5.74) is 0. The highest BCUT2D eigenvalue weighted by molar-refractivity contribution is 8.05. The maximum atomic E-state index is 11.4. The van der Waals surface area contributed by atoms with Crippen molar-refractivity contribution >= 4 is 20.8 Å². The third-order valence-corrected chi connectivity index (χ3v) is 3.04. The minimum Gasteiger partial charge on any atom is -0.410 e. The summed E-state index contributed by atoms with van der Waals surface area (Å²) < 4.78 is 22.5. The molecule has 0 aromatic heterocycles. The first-order valence-electron chi connectivity index (χ1n) is 4.39. The van der Waals surface area contributed by atoms with Crippen molar-refractivity contribution in [3.05, 3.63) is 0 Å². The zero-order valence-electron chi connectivity index (χ0n) is 9.18. The van der Waals surface area contributed by atoms with Crippen LogP contribution in [0.1, 0.15) is 13.8 Å². The molecule has 1 unspecified atom stereocenters. The molecule has 0 rings (SSSR count). The molecule has 0 radical (unpaired) electrons. The maximum absolute atomic E-state index is 11.4. The predicted molar refractivity (Wildman–Crippen MR) is 56.5 cm³/mol. The van der Waals surface area contributed by atoms with E-state index in [0.717, 1.165) is 6.26 Å². The van der Waals surface area contributed by atoms with Gasteiger partial charge in [-0.15, -0.1) is 0 Å². The van der Waals surface area contributed by atoms with Crippen molar-refractivity contribution in [3.63, 3.8) is 0 Å². The molecule has 0 saturated carbocycles. The maximum Gasteiger partial charge on any atom is 0.230 e. The summed E-state index contributed by atoms with van der Waals surface area (Å²) in [4.78, 5) is 11.4. The molecular weight excluding hydrogens is 220 g/mol. The van der Waals surface area contributed by atoms with Gasteiger partial charge >= 0.3 is 0 Å². The Labute approximate surface area is 89.3 Å². The minimum absolute atomic E-state index is 0.273. The first-order chi connectivity index (χ1) is 6.75. The summed E-state index contributed by atoms with van der Waals surface area (Å²) in [5.74, 6) is -1.72. The van der Waals surface area contributed by atoms with Crippen LogP contribution in [0.15, 0.2) is 5.16 Å². The lowest BCUT2D eigenvalue weighted by Gasteiger charge is -2.18. The molecule has 0 spiro atoms. The Hall–Kier alpha value is -1.11. The number of carbonyl (C=O) groups excluding carboxylic acids is 1. The van der Waals surface area contributed by atoms with Crippen molar-refractivity contribution < 1.29 is 18.4 Å². The molecule has 15 heavy (non-hydrogen) atoms. The largest absolute Gasteiger partial charge is 0.410 e. The van der Waals surface area contributed by atoms with E-state index < -0.39 is 26.7 Å². The number of carbonyl (C=O) groups is 1. The van der Waals surface area contributed by atoms with Crippen molar-refractivity contribution in [1.82, 2.24) is 5.32 Å². The molecule has 6 nitrogen and oxygen atoms in total. The number of amides is 1. The van der Waals surface area contributed by atoms with E-state index in [1.165, 1.54) is 7.05 Å². The number of hydrogen-bond donors (Lipinski definition) is 2. The Morgan fingerprint density at radius 1 is 1.40 bits per heavy atom. The molecule has 1 atom stereocenters. The average Bonchev–Trinajstić information content (AvgIpc) is 2.09. The number of nitrogens with zero attached hydrogens (tertiary/aromatic N) is 1. The molecular formula is C8H16N2O4S. The predicted octanol–water partition coefficient (Wildman–Crippen LogP) is -0.163. The molecule has 0 aliphatic carbocycles. The van der Waals surface area contributed by atoms with Crippen LogP contribution >= 0.6 is 0 Å². The van der Waals surface area contributed by atoms with Crippen molar-refractivity contribution in [3.8, 4) is 0 Å². The van der Waals surface area contributed by atoms with Crippen molar-refractivity contribution in [1.29, 1.82) is 0 Å². The second kappa shape index (κ2) is 5.11. The van der Waals surface area contributed by atoms with Crippen LogP contribution < -0.4 is 5.32 Å². The molecule has 2 N–H and O–H groups in total. The molecule has 0 heterocycles. The normalized spacial score (nSPS) is 15.1. The second-order valence-corrected chi connectivity index (χ2v) is 5.51. The van der Waals surface area contributed by atoms with Crippen LogP contribution in [0, 0.1) is 11.8 Å². The van der Waals surface area contributed by atoms with Gasteiger partial charge in [-0.2, -0.15) is 0 Å². The van der Waals surface area contributed by atoms with E-state index in [4.69, 9.17) is 5.21 Å². The quantitative estimate of drug-likeness (QED) is 0.308. The van der Waals surface area contributed by atoms with Gasteiger partial charge in [0.2, 0.25) is 5.91 Å². The van der Waals surface area contributed by atoms with Crippen molar-refractivity contribution in [2.24, 2.45) is 17.0 Å². The SMILES string of the molecule is CNC(=O)C(C(=NO)S(C)(=O)=O)C(C)C. The first-order valence-corrected chi connectivity index (χ1v) is 6.28. The Morgan fingerprint density at radius 3 is 2.07 bits per heavy atom. The van der Waals surface area contributed by atoms with E-state index in [1.54, 1.807) is 13.8 Å². The monoisotopic (exact) mass is 236 g/mol. The van der Waals surface area contributed by atoms with Gasteiger partial charge in [0.05, 0.1) is 5.92 Å². The van der Waals surface area contributed by atoms with E-state index in [0.29, 0.717) is 0 Å². The molecule has 0 fully saturated rings. The van der Waals surface area contributed by atoms with Crippen LogP contribution in [0.5, 0.6) is 0 Å². The highest BCUT2D eigenvalue weighted by atomic mass is 32.2. The van der Waals surface area contributed by atoms with Crippen LogP contribution in [-0.2, 0) is 14.6 Å². The van der Waals surface area contributed by atoms with Crippen LogP contribution in [0.2, 0.25) is 0 Å². The topological polar surface area (TPSA) is 95.8 Å². The lowest BCUT2D eigenvalue weighted by atomic mass is 9.96. The van der Waals surface area contributed by atoms with Gasteiger partial charge in [0, 0.05) is 13.3 Å². The van der Waals surface area contributed by atoms with Gasteiger partial charge in [0.25, 0.3) is 0 Å². The lowest BCUT2D eigenvalue weighted by Crippen LogP contribution is -2.39. The molecule has 0 saturated heterocycles. The van der Waals surface area contributed by atoms with Gasteiger partial charge in [-0.05, 0) is 5.92 Å². The third-order valence-electron chi connectivity index (χ3n) is 1.94. The van der Waals surface area contributed by atoms with Crippen LogP contribution in [0.25, 0.3) is 0 Å². The van der Waals surface area contributed by atoms with Gasteiger partial charge in [-0.3, -0.25) is 4.79 Å². The highest BCUT2D eigenvalue weighted by Crippen LogP contribution is 2.16. The van der Waals surface area contributed by atoms with Crippen LogP contribution in [0.3, 0.4) is 0 Å². The second-order valence-electron chi connectivity index (χ2n) is 3.55. The fraction of sp³-hybridized carbons (Fsp3) is 0.750. The number of sulfone groups is 1. The summed E-state index contributed by atoms with van der Waals surface area (Å²) in [6.07, 6.45) is 0.903. The Morgan fingerprint density at radius 2 is 1.87 bits per heavy atom. The number of rotatable bonds is 3. The molecule has 0 aliphatic rings. The molecule has 7 heteroatoms. The van der Waals surface area contributed by atoms with Gasteiger partial charge in [0.1, 0.15) is 0 Å². The molecule has 0 bridgehead atoms. The van der Waals surface area contributed by atoms with E-state index in [2.05, 4.69) is 10.5 Å². The van der Waals surface area contributed by atoms with E-state index >= 15 is 0 Å². The molecule has 0 aromatic rings. The summed E-state index contributed by atoms with van der Waals surface area (Å²) >= 11 is 0. The number of nitrogens with one attached hydrogen (secondary N) is 1. The van der Waals surface area contributed by atoms with Crippen molar-refractivity contribution in [2.45, 2.75) is 13.8 Å². The number of oxime groups is 1. The van der Waals surface area contributed by atoms with E-state index in [1.807, 2.05) is 0 Å². The summed E-state index contributed by atoms with van der Waals surface area (Å²) in [5, 5.41) is 13.2. The standard InChI is InChI=1S/C8H16N2O4S/c1-5(2)6(7(11)9-3)8(10-12)15(4,13)14/h5-6,12H,1-4H3,(H,9,11). The average molecular weight is 236 g/mol. The van der Waals surface area contributed by atoms with Gasteiger partial charge in [-0.1, -0.05) is 19.0 Å². The zero-order chi connectivity index (χ0) is 12.2. The first kappa shape index (κ1) is 13.9. The van der Waals surface area contributed by atoms with Gasteiger partial charge in [-0.25, -0.2) is 8.42 Å². The Balaban J connectivity index is 5.35. The van der Waals surface area contributed by atoms with Crippen LogP contribution in [0.4, 0.5) is 0 Å². The minimum atomic E-state index is -3.68. The Bertz CT molecular complexity index is 359. The summed E-state index contributed by atoms with van der Waals surface area (Å²) in [7, 11) is -2.28. The Kier molecular flexibility index (Phi) is 4.73. The molecule has 0 aliphatic heterocycles. The summed E-state index contributed by atoms with van der Waals surface area (Å²) in [6.45, 7) is 3.35. The lowest BCUT2D eigenvalue weighted by molar-refractivity contribution is -0.123. The molecule has 0 aromatic carbocycles. The highest BCUT2D eigenvalue weighted by Gasteiger charge is 2.33. The van der Waals surface area contributed by atoms with Gasteiger partial charge < -0.3 is 10.5 Å². The van der Waals surface area contributed by atoms with E-state index in [9.17, 15) is 13.2 Å². The summed E-state index contributed by atoms with van der Waals surface area (Å²) in [6, 6.07) is 0. The van der Waals surface area contributed by atoms with E-state index in [-0.39, 0.29) is 5.92 Å².